The number of aliphatic imine (C=N–C) groups is 1. The molecule has 0 aromatic carbocycles. The van der Waals surface area contributed by atoms with Crippen LogP contribution in [-0.2, 0) is 16.6 Å². The van der Waals surface area contributed by atoms with E-state index >= 15 is 0 Å². The van der Waals surface area contributed by atoms with E-state index in [1.165, 1.54) is 0 Å². The molecule has 0 bridgehead atoms. The van der Waals surface area contributed by atoms with Crippen molar-refractivity contribution in [2.45, 2.75) is 39.2 Å². The summed E-state index contributed by atoms with van der Waals surface area (Å²) in [4.78, 5) is 4.13. The molecule has 2 heterocycles. The lowest BCUT2D eigenvalue weighted by Crippen LogP contribution is -2.44. The molecule has 1 saturated heterocycles. The van der Waals surface area contributed by atoms with E-state index in [0.29, 0.717) is 38.1 Å². The maximum Gasteiger partial charge on any atom is 0.215 e. The minimum Gasteiger partial charge on any atom is -0.359 e. The van der Waals surface area contributed by atoms with Gasteiger partial charge in [-0.25, -0.2) is 12.7 Å². The maximum atomic E-state index is 12.4. The molecule has 154 valence electrons. The zero-order valence-electron chi connectivity index (χ0n) is 16.4. The molecule has 0 atom stereocenters. The molecule has 0 radical (unpaired) electrons. The lowest BCUT2D eigenvalue weighted by Gasteiger charge is -2.25. The SMILES string of the molecule is CCC(CC)c1cc(CNC(=NC)NCCS(=O)(=O)N2CCSCC2)on1. The number of sulfonamides is 1. The van der Waals surface area contributed by atoms with Gasteiger partial charge in [-0.15, -0.1) is 0 Å². The molecule has 1 aliphatic heterocycles. The van der Waals surface area contributed by atoms with Gasteiger partial charge in [-0.3, -0.25) is 4.99 Å². The molecule has 10 heteroatoms. The number of hydrogen-bond acceptors (Lipinski definition) is 6. The van der Waals surface area contributed by atoms with Crippen molar-refractivity contribution < 1.29 is 12.9 Å². The Bertz CT molecular complexity index is 695. The lowest BCUT2D eigenvalue weighted by atomic mass is 9.99. The van der Waals surface area contributed by atoms with Crippen LogP contribution in [0.25, 0.3) is 0 Å². The second-order valence-corrected chi connectivity index (χ2v) is 9.72. The lowest BCUT2D eigenvalue weighted by molar-refractivity contribution is 0.368. The van der Waals surface area contributed by atoms with Gasteiger partial charge in [-0.2, -0.15) is 11.8 Å². The average Bonchev–Trinajstić information content (AvgIpc) is 3.15. The van der Waals surface area contributed by atoms with E-state index in [-0.39, 0.29) is 5.75 Å². The zero-order chi connectivity index (χ0) is 19.7. The molecular weight excluding hydrogens is 386 g/mol. The van der Waals surface area contributed by atoms with E-state index in [0.717, 1.165) is 35.8 Å². The minimum absolute atomic E-state index is 0.0551. The number of nitrogens with zero attached hydrogens (tertiary/aromatic N) is 3. The molecule has 0 unspecified atom stereocenters. The Morgan fingerprint density at radius 2 is 2.04 bits per heavy atom. The quantitative estimate of drug-likeness (QED) is 0.465. The third kappa shape index (κ3) is 6.69. The molecule has 2 N–H and O–H groups in total. The van der Waals surface area contributed by atoms with Gasteiger partial charge < -0.3 is 15.2 Å². The minimum atomic E-state index is -3.22. The first-order chi connectivity index (χ1) is 13.0. The number of thioether (sulfide) groups is 1. The normalized spacial score (nSPS) is 16.7. The molecule has 8 nitrogen and oxygen atoms in total. The molecule has 1 fully saturated rings. The van der Waals surface area contributed by atoms with Gasteiger partial charge in [0.1, 0.15) is 0 Å². The summed E-state index contributed by atoms with van der Waals surface area (Å²) in [5, 5.41) is 10.3. The Morgan fingerprint density at radius 3 is 2.67 bits per heavy atom. The molecule has 1 aliphatic rings. The summed E-state index contributed by atoms with van der Waals surface area (Å²) in [6, 6.07) is 1.97. The van der Waals surface area contributed by atoms with Gasteiger partial charge >= 0.3 is 0 Å². The van der Waals surface area contributed by atoms with E-state index < -0.39 is 10.0 Å². The van der Waals surface area contributed by atoms with E-state index in [9.17, 15) is 8.42 Å². The van der Waals surface area contributed by atoms with Gasteiger partial charge in [0.2, 0.25) is 10.0 Å². The van der Waals surface area contributed by atoms with E-state index in [4.69, 9.17) is 4.52 Å². The Kier molecular flexibility index (Phi) is 8.91. The number of guanidine groups is 1. The number of aromatic nitrogens is 1. The zero-order valence-corrected chi connectivity index (χ0v) is 18.0. The smallest absolute Gasteiger partial charge is 0.215 e. The maximum absolute atomic E-state index is 12.4. The van der Waals surface area contributed by atoms with Crippen molar-refractivity contribution in [1.29, 1.82) is 0 Å². The van der Waals surface area contributed by atoms with Crippen LogP contribution in [0.2, 0.25) is 0 Å². The highest BCUT2D eigenvalue weighted by Gasteiger charge is 2.23. The summed E-state index contributed by atoms with van der Waals surface area (Å²) in [5.41, 5.74) is 0.977. The van der Waals surface area contributed by atoms with E-state index in [1.807, 2.05) is 6.07 Å². The highest BCUT2D eigenvalue weighted by atomic mass is 32.2. The summed E-state index contributed by atoms with van der Waals surface area (Å²) in [7, 11) is -1.57. The fraction of sp³-hybridized carbons (Fsp3) is 0.765. The van der Waals surface area contributed by atoms with Crippen LogP contribution in [0, 0.1) is 0 Å². The number of hydrogen-bond donors (Lipinski definition) is 2. The van der Waals surface area contributed by atoms with Crippen LogP contribution in [0.15, 0.2) is 15.6 Å². The van der Waals surface area contributed by atoms with Gasteiger partial charge in [-0.05, 0) is 12.8 Å². The van der Waals surface area contributed by atoms with Crippen LogP contribution in [0.5, 0.6) is 0 Å². The summed E-state index contributed by atoms with van der Waals surface area (Å²) >= 11 is 1.79. The van der Waals surface area contributed by atoms with Crippen molar-refractivity contribution in [3.05, 3.63) is 17.5 Å². The van der Waals surface area contributed by atoms with Gasteiger partial charge in [0, 0.05) is 50.2 Å². The van der Waals surface area contributed by atoms with Crippen LogP contribution in [0.4, 0.5) is 0 Å². The standard InChI is InChI=1S/C17H31N5O3S2/c1-4-14(5-2)16-12-15(25-21-16)13-20-17(18-3)19-6-11-27(23,24)22-7-9-26-10-8-22/h12,14H,4-11,13H2,1-3H3,(H2,18,19,20). The number of nitrogens with one attached hydrogen (secondary N) is 2. The van der Waals surface area contributed by atoms with Crippen LogP contribution in [0.3, 0.4) is 0 Å². The van der Waals surface area contributed by atoms with Crippen molar-refractivity contribution >= 4 is 27.7 Å². The van der Waals surface area contributed by atoms with Crippen molar-refractivity contribution in [2.75, 3.05) is 43.9 Å². The van der Waals surface area contributed by atoms with Crippen LogP contribution in [-0.4, -0.2) is 67.8 Å². The molecule has 1 aromatic rings. The van der Waals surface area contributed by atoms with Crippen molar-refractivity contribution in [1.82, 2.24) is 20.1 Å². The van der Waals surface area contributed by atoms with E-state index in [1.54, 1.807) is 23.1 Å². The predicted octanol–water partition coefficient (Wildman–Crippen LogP) is 1.62. The van der Waals surface area contributed by atoms with Crippen molar-refractivity contribution in [3.63, 3.8) is 0 Å². The third-order valence-corrected chi connectivity index (χ3v) is 7.47. The summed E-state index contributed by atoms with van der Waals surface area (Å²) < 4.78 is 31.7. The Balaban J connectivity index is 1.77. The molecule has 0 aliphatic carbocycles. The van der Waals surface area contributed by atoms with Crippen molar-refractivity contribution in [2.24, 2.45) is 4.99 Å². The molecule has 0 amide bonds. The molecule has 1 aromatic heterocycles. The van der Waals surface area contributed by atoms with Gasteiger partial charge in [0.05, 0.1) is 18.0 Å². The van der Waals surface area contributed by atoms with Crippen LogP contribution in [0.1, 0.15) is 44.1 Å². The third-order valence-electron chi connectivity index (χ3n) is 4.65. The molecule has 0 spiro atoms. The molecule has 27 heavy (non-hydrogen) atoms. The van der Waals surface area contributed by atoms with Crippen LogP contribution < -0.4 is 10.6 Å². The monoisotopic (exact) mass is 417 g/mol. The highest BCUT2D eigenvalue weighted by molar-refractivity contribution is 7.99. The fourth-order valence-corrected chi connectivity index (χ4v) is 5.45. The average molecular weight is 418 g/mol. The largest absolute Gasteiger partial charge is 0.359 e. The molecule has 0 saturated carbocycles. The molecular formula is C17H31N5O3S2. The first kappa shape index (κ1) is 22.0. The van der Waals surface area contributed by atoms with Gasteiger partial charge in [0.15, 0.2) is 11.7 Å². The van der Waals surface area contributed by atoms with Gasteiger partial charge in [-0.1, -0.05) is 19.0 Å². The summed E-state index contributed by atoms with van der Waals surface area (Å²) in [6.45, 7) is 6.24. The first-order valence-corrected chi connectivity index (χ1v) is 12.2. The summed E-state index contributed by atoms with van der Waals surface area (Å²) in [5.74, 6) is 3.48. The van der Waals surface area contributed by atoms with E-state index in [2.05, 4.69) is 34.6 Å². The molecule has 2 rings (SSSR count). The Labute approximate surface area is 166 Å². The number of rotatable bonds is 9. The van der Waals surface area contributed by atoms with Gasteiger partial charge in [0.25, 0.3) is 0 Å². The second kappa shape index (κ2) is 10.9. The summed E-state index contributed by atoms with van der Waals surface area (Å²) in [6.07, 6.45) is 2.06. The predicted molar refractivity (Wildman–Crippen MR) is 111 cm³/mol. The van der Waals surface area contributed by atoms with Crippen LogP contribution >= 0.6 is 11.8 Å². The Hall–Kier alpha value is -1.26. The highest BCUT2D eigenvalue weighted by Crippen LogP contribution is 2.22. The Morgan fingerprint density at radius 1 is 1.33 bits per heavy atom. The first-order valence-electron chi connectivity index (χ1n) is 9.45. The topological polar surface area (TPSA) is 99.8 Å². The second-order valence-electron chi connectivity index (χ2n) is 6.41. The fourth-order valence-electron chi connectivity index (χ4n) is 2.96. The van der Waals surface area contributed by atoms with Crippen molar-refractivity contribution in [3.8, 4) is 0 Å².